The highest BCUT2D eigenvalue weighted by molar-refractivity contribution is 6.31. The number of halogens is 1. The van der Waals surface area contributed by atoms with Crippen LogP contribution in [0.15, 0.2) is 48.8 Å². The van der Waals surface area contributed by atoms with Crippen LogP contribution in [0.4, 0.5) is 0 Å². The summed E-state index contributed by atoms with van der Waals surface area (Å²) < 4.78 is 2.08. The Morgan fingerprint density at radius 3 is 2.95 bits per heavy atom. The van der Waals surface area contributed by atoms with Gasteiger partial charge in [-0.2, -0.15) is 0 Å². The molecule has 2 aromatic heterocycles. The van der Waals surface area contributed by atoms with E-state index in [1.807, 2.05) is 30.6 Å². The summed E-state index contributed by atoms with van der Waals surface area (Å²) in [6, 6.07) is 13.1. The van der Waals surface area contributed by atoms with Crippen LogP contribution in [0.2, 0.25) is 5.02 Å². The number of hydrogen-bond acceptors (Lipinski definition) is 2. The van der Waals surface area contributed by atoms with Crippen molar-refractivity contribution in [1.82, 2.24) is 14.7 Å². The number of pyridine rings is 1. The van der Waals surface area contributed by atoms with Crippen LogP contribution in [0.25, 0.3) is 16.9 Å². The highest BCUT2D eigenvalue weighted by Gasteiger charge is 2.20. The van der Waals surface area contributed by atoms with Gasteiger partial charge in [0, 0.05) is 35.6 Å². The topological polar surface area (TPSA) is 29.3 Å². The predicted molar refractivity (Wildman–Crippen MR) is 85.5 cm³/mol. The summed E-state index contributed by atoms with van der Waals surface area (Å²) in [6.45, 7) is 0.846. The first kappa shape index (κ1) is 12.9. The largest absolute Gasteiger partial charge is 0.310 e. The second-order valence-electron chi connectivity index (χ2n) is 5.53. The molecule has 1 N–H and O–H groups in total. The van der Waals surface area contributed by atoms with Gasteiger partial charge >= 0.3 is 0 Å². The second-order valence-corrected chi connectivity index (χ2v) is 5.94. The summed E-state index contributed by atoms with van der Waals surface area (Å²) in [4.78, 5) is 4.32. The summed E-state index contributed by atoms with van der Waals surface area (Å²) >= 11 is 6.44. The molecule has 3 aromatic rings. The Bertz CT molecular complexity index is 790. The number of hydrogen-bond donors (Lipinski definition) is 1. The zero-order chi connectivity index (χ0) is 14.2. The number of nitrogens with one attached hydrogen (secondary N) is 1. The highest BCUT2D eigenvalue weighted by atomic mass is 35.5. The third-order valence-corrected chi connectivity index (χ3v) is 4.29. The van der Waals surface area contributed by atoms with E-state index in [0.717, 1.165) is 34.0 Å². The van der Waals surface area contributed by atoms with E-state index in [1.54, 1.807) is 0 Å². The van der Waals surface area contributed by atoms with Gasteiger partial charge in [0.1, 0.15) is 5.65 Å². The monoisotopic (exact) mass is 297 g/mol. The lowest BCUT2D eigenvalue weighted by Crippen LogP contribution is -2.15. The van der Waals surface area contributed by atoms with E-state index in [2.05, 4.69) is 32.9 Å². The number of imidazole rings is 1. The molecule has 0 atom stereocenters. The van der Waals surface area contributed by atoms with Crippen LogP contribution >= 0.6 is 11.6 Å². The van der Waals surface area contributed by atoms with Gasteiger partial charge in [-0.1, -0.05) is 29.8 Å². The lowest BCUT2D eigenvalue weighted by Gasteiger charge is -2.10. The minimum absolute atomic E-state index is 0.695. The van der Waals surface area contributed by atoms with Crippen LogP contribution in [0.5, 0.6) is 0 Å². The van der Waals surface area contributed by atoms with E-state index in [-0.39, 0.29) is 0 Å². The number of fused-ring (bicyclic) bond motifs is 1. The predicted octanol–water partition coefficient (Wildman–Crippen LogP) is 3.91. The molecule has 1 fully saturated rings. The number of aromatic nitrogens is 2. The lowest BCUT2D eigenvalue weighted by molar-refractivity contribution is 0.688. The van der Waals surface area contributed by atoms with Gasteiger partial charge in [-0.3, -0.25) is 4.40 Å². The zero-order valence-corrected chi connectivity index (χ0v) is 12.3. The molecule has 4 heteroatoms. The fourth-order valence-corrected chi connectivity index (χ4v) is 2.82. The molecule has 0 amide bonds. The van der Waals surface area contributed by atoms with Crippen LogP contribution in [0.3, 0.4) is 0 Å². The molecule has 0 bridgehead atoms. The molecule has 3 nitrogen and oxygen atoms in total. The SMILES string of the molecule is Clc1cc(-c2cccc3nccn23)ccc1CNC1CC1. The van der Waals surface area contributed by atoms with Crippen molar-refractivity contribution in [3.63, 3.8) is 0 Å². The molecule has 0 aliphatic heterocycles. The molecule has 0 radical (unpaired) electrons. The molecule has 1 saturated carbocycles. The Hall–Kier alpha value is -1.84. The molecular formula is C17H16ClN3. The summed E-state index contributed by atoms with van der Waals surface area (Å²) in [7, 11) is 0. The molecule has 21 heavy (non-hydrogen) atoms. The normalized spacial score (nSPS) is 14.7. The van der Waals surface area contributed by atoms with Crippen LogP contribution in [0, 0.1) is 0 Å². The van der Waals surface area contributed by atoms with E-state index in [9.17, 15) is 0 Å². The smallest absolute Gasteiger partial charge is 0.137 e. The fourth-order valence-electron chi connectivity index (χ4n) is 2.57. The number of nitrogens with zero attached hydrogens (tertiary/aromatic N) is 2. The maximum absolute atomic E-state index is 6.44. The van der Waals surface area contributed by atoms with Crippen molar-refractivity contribution < 1.29 is 0 Å². The summed E-state index contributed by atoms with van der Waals surface area (Å²) in [5.41, 5.74) is 4.32. The molecule has 1 aliphatic carbocycles. The maximum Gasteiger partial charge on any atom is 0.137 e. The molecule has 0 saturated heterocycles. The zero-order valence-electron chi connectivity index (χ0n) is 11.6. The van der Waals surface area contributed by atoms with Gasteiger partial charge in [0.25, 0.3) is 0 Å². The lowest BCUT2D eigenvalue weighted by atomic mass is 10.1. The number of benzene rings is 1. The summed E-state index contributed by atoms with van der Waals surface area (Å²) in [5.74, 6) is 0. The van der Waals surface area contributed by atoms with Gasteiger partial charge in [0.15, 0.2) is 0 Å². The molecular weight excluding hydrogens is 282 g/mol. The average molecular weight is 298 g/mol. The van der Waals surface area contributed by atoms with Gasteiger partial charge in [-0.05, 0) is 36.6 Å². The van der Waals surface area contributed by atoms with Crippen molar-refractivity contribution in [3.8, 4) is 11.3 Å². The Balaban J connectivity index is 1.68. The Morgan fingerprint density at radius 1 is 1.24 bits per heavy atom. The van der Waals surface area contributed by atoms with E-state index >= 15 is 0 Å². The number of rotatable bonds is 4. The van der Waals surface area contributed by atoms with Crippen LogP contribution < -0.4 is 5.32 Å². The first-order valence-corrected chi connectivity index (χ1v) is 7.63. The maximum atomic E-state index is 6.44. The van der Waals surface area contributed by atoms with Gasteiger partial charge in [-0.25, -0.2) is 4.98 Å². The standard InChI is InChI=1S/C17H16ClN3/c18-15-10-12(4-5-13(15)11-20-14-6-7-14)16-2-1-3-17-19-8-9-21(16)17/h1-5,8-10,14,20H,6-7,11H2. The molecule has 1 aliphatic rings. The van der Waals surface area contributed by atoms with Gasteiger partial charge in [0.2, 0.25) is 0 Å². The second kappa shape index (κ2) is 5.17. The molecule has 4 rings (SSSR count). The van der Waals surface area contributed by atoms with Gasteiger partial charge in [-0.15, -0.1) is 0 Å². The molecule has 0 unspecified atom stereocenters. The van der Waals surface area contributed by atoms with Crippen molar-refractivity contribution >= 4 is 17.2 Å². The minimum Gasteiger partial charge on any atom is -0.310 e. The van der Waals surface area contributed by atoms with Crippen molar-refractivity contribution in [2.75, 3.05) is 0 Å². The molecule has 106 valence electrons. The summed E-state index contributed by atoms with van der Waals surface area (Å²) in [6.07, 6.45) is 6.37. The molecule has 1 aromatic carbocycles. The van der Waals surface area contributed by atoms with Crippen molar-refractivity contribution in [3.05, 3.63) is 59.4 Å². The molecule has 0 spiro atoms. The first-order valence-electron chi connectivity index (χ1n) is 7.25. The van der Waals surface area contributed by atoms with E-state index in [1.165, 1.54) is 12.8 Å². The van der Waals surface area contributed by atoms with Crippen LogP contribution in [-0.4, -0.2) is 15.4 Å². The third kappa shape index (κ3) is 2.55. The summed E-state index contributed by atoms with van der Waals surface area (Å²) in [5, 5.41) is 4.32. The van der Waals surface area contributed by atoms with E-state index in [0.29, 0.717) is 6.04 Å². The minimum atomic E-state index is 0.695. The van der Waals surface area contributed by atoms with Crippen molar-refractivity contribution in [2.45, 2.75) is 25.4 Å². The fraction of sp³-hybridized carbons (Fsp3) is 0.235. The Labute approximate surface area is 128 Å². The van der Waals surface area contributed by atoms with E-state index < -0.39 is 0 Å². The average Bonchev–Trinajstić information content (AvgIpc) is 3.20. The van der Waals surface area contributed by atoms with Gasteiger partial charge in [0.05, 0.1) is 5.69 Å². The van der Waals surface area contributed by atoms with Crippen LogP contribution in [-0.2, 0) is 6.54 Å². The Kier molecular flexibility index (Phi) is 3.17. The quantitative estimate of drug-likeness (QED) is 0.791. The van der Waals surface area contributed by atoms with Crippen LogP contribution in [0.1, 0.15) is 18.4 Å². The molecule has 2 heterocycles. The van der Waals surface area contributed by atoms with Gasteiger partial charge < -0.3 is 5.32 Å². The van der Waals surface area contributed by atoms with E-state index in [4.69, 9.17) is 11.6 Å². The Morgan fingerprint density at radius 2 is 2.14 bits per heavy atom. The third-order valence-electron chi connectivity index (χ3n) is 3.94. The first-order chi connectivity index (χ1) is 10.3. The highest BCUT2D eigenvalue weighted by Crippen LogP contribution is 2.27. The van der Waals surface area contributed by atoms with Crippen molar-refractivity contribution in [1.29, 1.82) is 0 Å². The van der Waals surface area contributed by atoms with Crippen molar-refractivity contribution in [2.24, 2.45) is 0 Å².